The minimum atomic E-state index is -3.05. The van der Waals surface area contributed by atoms with Crippen LogP contribution in [-0.4, -0.2) is 50.1 Å². The molecule has 0 radical (unpaired) electrons. The van der Waals surface area contributed by atoms with Crippen molar-refractivity contribution in [2.75, 3.05) is 17.2 Å². The van der Waals surface area contributed by atoms with Crippen molar-refractivity contribution >= 4 is 27.1 Å². The summed E-state index contributed by atoms with van der Waals surface area (Å²) in [5.41, 5.74) is 10.2. The number of Topliss-reactive ketones (excluding diaryl/α,β-unsaturated/α-hetero) is 1. The topological polar surface area (TPSA) is 125 Å². The van der Waals surface area contributed by atoms with Crippen LogP contribution in [0.25, 0.3) is 22.5 Å². The largest absolute Gasteiger partial charge is 0.383 e. The molecule has 0 bridgehead atoms. The van der Waals surface area contributed by atoms with Crippen LogP contribution in [0.3, 0.4) is 0 Å². The SMILES string of the molecule is CC(=O)c1c(C2CCS(=O)(=O)CC2)nc2c(-c3cnn(-c4ccccc4)c3)cnn2c1N. The minimum Gasteiger partial charge on any atom is -0.383 e. The molecule has 5 rings (SSSR count). The van der Waals surface area contributed by atoms with Crippen molar-refractivity contribution in [3.8, 4) is 16.8 Å². The molecule has 2 N–H and O–H groups in total. The third kappa shape index (κ3) is 3.46. The average Bonchev–Trinajstić information content (AvgIpc) is 3.41. The number of aromatic nitrogens is 5. The van der Waals surface area contributed by atoms with Gasteiger partial charge in [0.15, 0.2) is 11.4 Å². The van der Waals surface area contributed by atoms with Gasteiger partial charge in [0.1, 0.15) is 15.7 Å². The summed E-state index contributed by atoms with van der Waals surface area (Å²) in [5, 5.41) is 8.82. The highest BCUT2D eigenvalue weighted by molar-refractivity contribution is 7.91. The second-order valence-electron chi connectivity index (χ2n) is 8.04. The lowest BCUT2D eigenvalue weighted by Crippen LogP contribution is -2.25. The summed E-state index contributed by atoms with van der Waals surface area (Å²) in [4.78, 5) is 17.3. The molecule has 9 nitrogen and oxygen atoms in total. The molecule has 0 saturated carbocycles. The molecule has 10 heteroatoms. The second kappa shape index (κ2) is 7.56. The highest BCUT2D eigenvalue weighted by Crippen LogP contribution is 2.35. The molecule has 0 aliphatic carbocycles. The second-order valence-corrected chi connectivity index (χ2v) is 10.3. The molecule has 1 aliphatic rings. The maximum absolute atomic E-state index is 12.4. The number of sulfone groups is 1. The minimum absolute atomic E-state index is 0.0811. The third-order valence-electron chi connectivity index (χ3n) is 5.92. The van der Waals surface area contributed by atoms with E-state index < -0.39 is 9.84 Å². The molecule has 1 fully saturated rings. The van der Waals surface area contributed by atoms with Gasteiger partial charge in [0.2, 0.25) is 0 Å². The first-order valence-corrected chi connectivity index (χ1v) is 12.1. The fourth-order valence-electron chi connectivity index (χ4n) is 4.24. The summed E-state index contributed by atoms with van der Waals surface area (Å²) in [6.07, 6.45) is 6.11. The van der Waals surface area contributed by atoms with Gasteiger partial charge in [0.05, 0.1) is 40.8 Å². The zero-order chi connectivity index (χ0) is 22.5. The van der Waals surface area contributed by atoms with Gasteiger partial charge in [-0.2, -0.15) is 14.7 Å². The molecule has 1 saturated heterocycles. The molecule has 0 spiro atoms. The van der Waals surface area contributed by atoms with Crippen molar-refractivity contribution in [3.05, 3.63) is 60.2 Å². The van der Waals surface area contributed by atoms with Gasteiger partial charge in [0, 0.05) is 23.2 Å². The highest BCUT2D eigenvalue weighted by atomic mass is 32.2. The molecule has 164 valence electrons. The van der Waals surface area contributed by atoms with Crippen LogP contribution >= 0.6 is 0 Å². The number of fused-ring (bicyclic) bond motifs is 1. The Bertz CT molecular complexity index is 1430. The molecule has 0 unspecified atom stereocenters. The molecule has 32 heavy (non-hydrogen) atoms. The lowest BCUT2D eigenvalue weighted by atomic mass is 9.93. The van der Waals surface area contributed by atoms with Crippen LogP contribution in [0.2, 0.25) is 0 Å². The summed E-state index contributed by atoms with van der Waals surface area (Å²) < 4.78 is 27.0. The first-order chi connectivity index (χ1) is 15.3. The Balaban J connectivity index is 1.63. The van der Waals surface area contributed by atoms with E-state index in [1.807, 2.05) is 36.5 Å². The molecule has 1 aromatic carbocycles. The van der Waals surface area contributed by atoms with Crippen molar-refractivity contribution in [1.82, 2.24) is 24.4 Å². The number of hydrogen-bond acceptors (Lipinski definition) is 7. The maximum atomic E-state index is 12.4. The Kier molecular flexibility index (Phi) is 4.81. The van der Waals surface area contributed by atoms with Gasteiger partial charge in [-0.25, -0.2) is 18.1 Å². The van der Waals surface area contributed by atoms with E-state index in [1.54, 1.807) is 17.1 Å². The Morgan fingerprint density at radius 1 is 1.09 bits per heavy atom. The van der Waals surface area contributed by atoms with E-state index in [1.165, 1.54) is 11.4 Å². The van der Waals surface area contributed by atoms with Gasteiger partial charge >= 0.3 is 0 Å². The van der Waals surface area contributed by atoms with E-state index in [-0.39, 0.29) is 29.0 Å². The van der Waals surface area contributed by atoms with Crippen molar-refractivity contribution < 1.29 is 13.2 Å². The summed E-state index contributed by atoms with van der Waals surface area (Å²) in [7, 11) is -3.05. The quantitative estimate of drug-likeness (QED) is 0.474. The predicted octanol–water partition coefficient (Wildman–Crippen LogP) is 2.66. The highest BCUT2D eigenvalue weighted by Gasteiger charge is 2.31. The van der Waals surface area contributed by atoms with Crippen LogP contribution in [0, 0.1) is 0 Å². The Hall–Kier alpha value is -3.53. The van der Waals surface area contributed by atoms with E-state index >= 15 is 0 Å². The van der Waals surface area contributed by atoms with Gasteiger partial charge in [-0.15, -0.1) is 0 Å². The number of nitrogens with zero attached hydrogens (tertiary/aromatic N) is 5. The van der Waals surface area contributed by atoms with Crippen LogP contribution in [0.5, 0.6) is 0 Å². The Morgan fingerprint density at radius 3 is 2.50 bits per heavy atom. The van der Waals surface area contributed by atoms with Gasteiger partial charge < -0.3 is 5.73 Å². The molecule has 0 atom stereocenters. The van der Waals surface area contributed by atoms with Crippen molar-refractivity contribution in [2.24, 2.45) is 0 Å². The summed E-state index contributed by atoms with van der Waals surface area (Å²) in [6, 6.07) is 9.73. The Morgan fingerprint density at radius 2 is 1.81 bits per heavy atom. The molecular formula is C22H22N6O3S. The number of hydrogen-bond donors (Lipinski definition) is 1. The summed E-state index contributed by atoms with van der Waals surface area (Å²) in [6.45, 7) is 1.44. The van der Waals surface area contributed by atoms with Gasteiger partial charge in [-0.1, -0.05) is 18.2 Å². The molecule has 4 aromatic rings. The van der Waals surface area contributed by atoms with Crippen molar-refractivity contribution in [3.63, 3.8) is 0 Å². The standard InChI is InChI=1S/C22H22N6O3S/c1-14(29)19-20(15-7-9-32(30,31)10-8-15)26-22-18(12-25-28(22)21(19)23)16-11-24-27(13-16)17-5-3-2-4-6-17/h2-6,11-13,15H,7-10,23H2,1H3. The molecule has 0 amide bonds. The summed E-state index contributed by atoms with van der Waals surface area (Å²) in [5.74, 6) is 0.0107. The maximum Gasteiger partial charge on any atom is 0.165 e. The average molecular weight is 451 g/mol. The first-order valence-electron chi connectivity index (χ1n) is 10.3. The first kappa shape index (κ1) is 20.4. The van der Waals surface area contributed by atoms with E-state index in [0.717, 1.165) is 16.8 Å². The monoisotopic (exact) mass is 450 g/mol. The van der Waals surface area contributed by atoms with Crippen molar-refractivity contribution in [2.45, 2.75) is 25.7 Å². The summed E-state index contributed by atoms with van der Waals surface area (Å²) >= 11 is 0. The molecule has 1 aliphatic heterocycles. The zero-order valence-corrected chi connectivity index (χ0v) is 18.3. The molecule has 3 aromatic heterocycles. The van der Waals surface area contributed by atoms with Crippen LogP contribution < -0.4 is 5.73 Å². The number of anilines is 1. The normalized spacial score (nSPS) is 16.4. The number of nitrogen functional groups attached to an aromatic ring is 1. The number of carbonyl (C=O) groups excluding carboxylic acids is 1. The lowest BCUT2D eigenvalue weighted by molar-refractivity contribution is 0.101. The van der Waals surface area contributed by atoms with Crippen LogP contribution in [-0.2, 0) is 9.84 Å². The van der Waals surface area contributed by atoms with Gasteiger partial charge in [-0.3, -0.25) is 4.79 Å². The number of ketones is 1. The number of para-hydroxylation sites is 1. The van der Waals surface area contributed by atoms with Crippen molar-refractivity contribution in [1.29, 1.82) is 0 Å². The van der Waals surface area contributed by atoms with Gasteiger partial charge in [0.25, 0.3) is 0 Å². The lowest BCUT2D eigenvalue weighted by Gasteiger charge is -2.24. The molecular weight excluding hydrogens is 428 g/mol. The number of rotatable bonds is 4. The number of nitrogens with two attached hydrogens (primary N) is 1. The molecule has 4 heterocycles. The van der Waals surface area contributed by atoms with E-state index in [4.69, 9.17) is 10.7 Å². The smallest absolute Gasteiger partial charge is 0.165 e. The zero-order valence-electron chi connectivity index (χ0n) is 17.5. The fraction of sp³-hybridized carbons (Fsp3) is 0.273. The van der Waals surface area contributed by atoms with Crippen LogP contribution in [0.15, 0.2) is 48.9 Å². The van der Waals surface area contributed by atoms with E-state index in [0.29, 0.717) is 29.7 Å². The van der Waals surface area contributed by atoms with Gasteiger partial charge in [-0.05, 0) is 31.9 Å². The fourth-order valence-corrected chi connectivity index (χ4v) is 5.73. The van der Waals surface area contributed by atoms with Crippen LogP contribution in [0.1, 0.15) is 41.7 Å². The van der Waals surface area contributed by atoms with E-state index in [9.17, 15) is 13.2 Å². The predicted molar refractivity (Wildman–Crippen MR) is 121 cm³/mol. The number of carbonyl (C=O) groups is 1. The Labute approximate surface area is 184 Å². The van der Waals surface area contributed by atoms with Crippen LogP contribution in [0.4, 0.5) is 5.82 Å². The number of benzene rings is 1. The van der Waals surface area contributed by atoms with E-state index in [2.05, 4.69) is 10.2 Å². The third-order valence-corrected chi connectivity index (χ3v) is 7.63.